The molecule has 3 aromatic rings. The minimum Gasteiger partial charge on any atom is -0.380 e. The molecule has 0 aliphatic heterocycles. The summed E-state index contributed by atoms with van der Waals surface area (Å²) < 4.78 is 1.82. The molecule has 4 heteroatoms. The first-order valence-corrected chi connectivity index (χ1v) is 7.14. The third kappa shape index (κ3) is 2.61. The van der Waals surface area contributed by atoms with Gasteiger partial charge in [-0.15, -0.1) is 0 Å². The van der Waals surface area contributed by atoms with E-state index in [0.29, 0.717) is 0 Å². The van der Waals surface area contributed by atoms with Gasteiger partial charge in [0.05, 0.1) is 17.6 Å². The first kappa shape index (κ1) is 13.6. The van der Waals surface area contributed by atoms with Crippen LogP contribution in [0.4, 0.5) is 5.69 Å². The van der Waals surface area contributed by atoms with Crippen LogP contribution < -0.4 is 5.32 Å². The fraction of sp³-hybridized carbons (Fsp3) is 0.294. The van der Waals surface area contributed by atoms with Crippen LogP contribution >= 0.6 is 0 Å². The van der Waals surface area contributed by atoms with E-state index in [9.17, 15) is 0 Å². The fourth-order valence-electron chi connectivity index (χ4n) is 2.59. The van der Waals surface area contributed by atoms with E-state index in [1.807, 2.05) is 24.9 Å². The molecule has 0 aliphatic rings. The molecule has 2 aromatic heterocycles. The van der Waals surface area contributed by atoms with Gasteiger partial charge in [-0.3, -0.25) is 4.68 Å². The highest BCUT2D eigenvalue weighted by molar-refractivity contribution is 5.81. The largest absolute Gasteiger partial charge is 0.380 e. The Morgan fingerprint density at radius 2 is 1.95 bits per heavy atom. The Morgan fingerprint density at radius 3 is 2.76 bits per heavy atom. The van der Waals surface area contributed by atoms with Crippen molar-refractivity contribution < 1.29 is 0 Å². The lowest BCUT2D eigenvalue weighted by Gasteiger charge is -2.10. The fourth-order valence-corrected chi connectivity index (χ4v) is 2.59. The molecular formula is C17H20N4. The van der Waals surface area contributed by atoms with Crippen molar-refractivity contribution in [2.45, 2.75) is 27.3 Å². The van der Waals surface area contributed by atoms with Crippen molar-refractivity contribution >= 4 is 16.7 Å². The Hall–Kier alpha value is -2.36. The van der Waals surface area contributed by atoms with Crippen LogP contribution in [0.5, 0.6) is 0 Å². The monoisotopic (exact) mass is 280 g/mol. The summed E-state index contributed by atoms with van der Waals surface area (Å²) in [5, 5.41) is 8.96. The number of aromatic nitrogens is 3. The lowest BCUT2D eigenvalue weighted by molar-refractivity contribution is 0.774. The molecule has 0 atom stereocenters. The molecule has 0 fully saturated rings. The number of pyridine rings is 1. The highest BCUT2D eigenvalue weighted by Gasteiger charge is 2.07. The maximum Gasteiger partial charge on any atom is 0.157 e. The molecule has 1 N–H and O–H groups in total. The quantitative estimate of drug-likeness (QED) is 0.798. The Balaban J connectivity index is 1.85. The van der Waals surface area contributed by atoms with Gasteiger partial charge in [0.25, 0.3) is 0 Å². The third-order valence-electron chi connectivity index (χ3n) is 3.85. The van der Waals surface area contributed by atoms with Gasteiger partial charge < -0.3 is 5.32 Å². The van der Waals surface area contributed by atoms with Crippen molar-refractivity contribution in [3.8, 4) is 0 Å². The van der Waals surface area contributed by atoms with Gasteiger partial charge in [-0.05, 0) is 38.0 Å². The highest BCUT2D eigenvalue weighted by atomic mass is 15.3. The van der Waals surface area contributed by atoms with Crippen LogP contribution in [0, 0.1) is 20.8 Å². The summed E-state index contributed by atoms with van der Waals surface area (Å²) in [5.41, 5.74) is 6.87. The van der Waals surface area contributed by atoms with Crippen LogP contribution in [0.3, 0.4) is 0 Å². The first-order valence-electron chi connectivity index (χ1n) is 7.14. The molecule has 1 aromatic carbocycles. The van der Waals surface area contributed by atoms with E-state index in [1.165, 1.54) is 16.7 Å². The second-order valence-corrected chi connectivity index (χ2v) is 5.59. The van der Waals surface area contributed by atoms with E-state index >= 15 is 0 Å². The average Bonchev–Trinajstić information content (AvgIpc) is 2.75. The van der Waals surface area contributed by atoms with E-state index in [-0.39, 0.29) is 0 Å². The zero-order valence-corrected chi connectivity index (χ0v) is 12.9. The van der Waals surface area contributed by atoms with E-state index in [2.05, 4.69) is 53.5 Å². The minimum absolute atomic E-state index is 0.806. The Bertz CT molecular complexity index is 802. The normalized spacial score (nSPS) is 11.0. The van der Waals surface area contributed by atoms with Crippen LogP contribution in [-0.2, 0) is 13.6 Å². The van der Waals surface area contributed by atoms with Crippen molar-refractivity contribution in [2.75, 3.05) is 5.32 Å². The standard InChI is InChI=1S/C17H20N4/c1-11-5-6-12(2)14(7-11)9-18-15-8-16-13(3)20-21(4)17(16)19-10-15/h5-8,10,18H,9H2,1-4H3. The Kier molecular flexibility index (Phi) is 3.37. The Morgan fingerprint density at radius 1 is 1.14 bits per heavy atom. The zero-order chi connectivity index (χ0) is 15.0. The van der Waals surface area contributed by atoms with Crippen LogP contribution in [-0.4, -0.2) is 14.8 Å². The summed E-state index contributed by atoms with van der Waals surface area (Å²) in [6.07, 6.45) is 1.87. The first-order chi connectivity index (χ1) is 10.0. The molecule has 0 spiro atoms. The molecule has 2 heterocycles. The van der Waals surface area contributed by atoms with E-state index in [0.717, 1.165) is 29.0 Å². The summed E-state index contributed by atoms with van der Waals surface area (Å²) in [5.74, 6) is 0. The molecule has 4 nitrogen and oxygen atoms in total. The van der Waals surface area contributed by atoms with Crippen LogP contribution in [0.25, 0.3) is 11.0 Å². The average molecular weight is 280 g/mol. The summed E-state index contributed by atoms with van der Waals surface area (Å²) in [7, 11) is 1.92. The van der Waals surface area contributed by atoms with Gasteiger partial charge in [0, 0.05) is 19.0 Å². The predicted octanol–water partition coefficient (Wildman–Crippen LogP) is 3.51. The van der Waals surface area contributed by atoms with Gasteiger partial charge in [-0.2, -0.15) is 5.10 Å². The van der Waals surface area contributed by atoms with E-state index in [1.54, 1.807) is 0 Å². The molecule has 0 bridgehead atoms. The number of nitrogens with one attached hydrogen (secondary N) is 1. The van der Waals surface area contributed by atoms with E-state index < -0.39 is 0 Å². The molecule has 21 heavy (non-hydrogen) atoms. The smallest absolute Gasteiger partial charge is 0.157 e. The number of fused-ring (bicyclic) bond motifs is 1. The molecule has 0 saturated heterocycles. The minimum atomic E-state index is 0.806. The summed E-state index contributed by atoms with van der Waals surface area (Å²) >= 11 is 0. The lowest BCUT2D eigenvalue weighted by Crippen LogP contribution is -2.02. The second-order valence-electron chi connectivity index (χ2n) is 5.59. The SMILES string of the molecule is Cc1ccc(C)c(CNc2cnc3c(c2)c(C)nn3C)c1. The van der Waals surface area contributed by atoms with Crippen LogP contribution in [0.15, 0.2) is 30.5 Å². The van der Waals surface area contributed by atoms with Crippen molar-refractivity contribution in [2.24, 2.45) is 7.05 Å². The van der Waals surface area contributed by atoms with Crippen molar-refractivity contribution in [3.05, 3.63) is 52.8 Å². The van der Waals surface area contributed by atoms with Gasteiger partial charge in [-0.25, -0.2) is 4.98 Å². The van der Waals surface area contributed by atoms with E-state index in [4.69, 9.17) is 0 Å². The molecule has 0 saturated carbocycles. The van der Waals surface area contributed by atoms with Gasteiger partial charge in [-0.1, -0.05) is 23.8 Å². The molecular weight excluding hydrogens is 260 g/mol. The second kappa shape index (κ2) is 5.20. The lowest BCUT2D eigenvalue weighted by atomic mass is 10.1. The number of anilines is 1. The number of benzene rings is 1. The van der Waals surface area contributed by atoms with Crippen molar-refractivity contribution in [1.82, 2.24) is 14.8 Å². The molecule has 0 unspecified atom stereocenters. The maximum absolute atomic E-state index is 4.49. The maximum atomic E-state index is 4.49. The molecule has 0 radical (unpaired) electrons. The number of hydrogen-bond donors (Lipinski definition) is 1. The number of aryl methyl sites for hydroxylation is 4. The number of hydrogen-bond acceptors (Lipinski definition) is 3. The zero-order valence-electron chi connectivity index (χ0n) is 12.9. The van der Waals surface area contributed by atoms with Crippen LogP contribution in [0.1, 0.15) is 22.4 Å². The van der Waals surface area contributed by atoms with Crippen molar-refractivity contribution in [3.63, 3.8) is 0 Å². The summed E-state index contributed by atoms with van der Waals surface area (Å²) in [6.45, 7) is 7.08. The Labute approximate surface area is 124 Å². The van der Waals surface area contributed by atoms with Gasteiger partial charge >= 0.3 is 0 Å². The molecule has 0 amide bonds. The molecule has 3 rings (SSSR count). The van der Waals surface area contributed by atoms with Gasteiger partial charge in [0.15, 0.2) is 5.65 Å². The molecule has 0 aliphatic carbocycles. The summed E-state index contributed by atoms with van der Waals surface area (Å²) in [4.78, 5) is 4.49. The molecule has 108 valence electrons. The van der Waals surface area contributed by atoms with Crippen LogP contribution in [0.2, 0.25) is 0 Å². The number of nitrogens with zero attached hydrogens (tertiary/aromatic N) is 3. The summed E-state index contributed by atoms with van der Waals surface area (Å²) in [6, 6.07) is 8.66. The predicted molar refractivity (Wildman–Crippen MR) is 86.5 cm³/mol. The number of rotatable bonds is 3. The van der Waals surface area contributed by atoms with Crippen molar-refractivity contribution in [1.29, 1.82) is 0 Å². The van der Waals surface area contributed by atoms with Gasteiger partial charge in [0.1, 0.15) is 0 Å². The van der Waals surface area contributed by atoms with Gasteiger partial charge in [0.2, 0.25) is 0 Å². The highest BCUT2D eigenvalue weighted by Crippen LogP contribution is 2.20. The third-order valence-corrected chi connectivity index (χ3v) is 3.85. The topological polar surface area (TPSA) is 42.7 Å².